The summed E-state index contributed by atoms with van der Waals surface area (Å²) in [5, 5.41) is 9.52. The number of phenols is 1. The fourth-order valence-electron chi connectivity index (χ4n) is 5.74. The maximum absolute atomic E-state index is 13.3. The van der Waals surface area contributed by atoms with Crippen LogP contribution in [0.15, 0.2) is 48.5 Å². The number of hydrogen-bond donors (Lipinski definition) is 1. The number of phenolic OH excluding ortho intramolecular Hbond substituents is 1. The lowest BCUT2D eigenvalue weighted by Gasteiger charge is -2.51. The van der Waals surface area contributed by atoms with E-state index in [4.69, 9.17) is 4.74 Å². The number of aromatic hydroxyl groups is 1. The Kier molecular flexibility index (Phi) is 4.70. The molecule has 1 N–H and O–H groups in total. The molecule has 0 aliphatic carbocycles. The van der Waals surface area contributed by atoms with Gasteiger partial charge in [0.2, 0.25) is 5.91 Å². The predicted octanol–water partition coefficient (Wildman–Crippen LogP) is 3.03. The van der Waals surface area contributed by atoms with Crippen molar-refractivity contribution in [3.05, 3.63) is 59.7 Å². The average molecular weight is 392 g/mol. The fourth-order valence-corrected chi connectivity index (χ4v) is 5.74. The highest BCUT2D eigenvalue weighted by Gasteiger charge is 2.54. The highest BCUT2D eigenvalue weighted by atomic mass is 16.5. The van der Waals surface area contributed by atoms with Crippen LogP contribution in [0.2, 0.25) is 0 Å². The number of hydrogen-bond acceptors (Lipinski definition) is 4. The number of likely N-dealkylation sites (tertiary alicyclic amines) is 1. The molecule has 3 atom stereocenters. The van der Waals surface area contributed by atoms with E-state index in [-0.39, 0.29) is 11.7 Å². The molecule has 1 amide bonds. The van der Waals surface area contributed by atoms with Gasteiger partial charge in [-0.2, -0.15) is 0 Å². The van der Waals surface area contributed by atoms with Crippen LogP contribution in [0, 0.1) is 5.92 Å². The van der Waals surface area contributed by atoms with Crippen LogP contribution in [0.4, 0.5) is 0 Å². The number of benzene rings is 2. The highest BCUT2D eigenvalue weighted by molar-refractivity contribution is 5.80. The molecule has 0 radical (unpaired) electrons. The number of ether oxygens (including phenoxy) is 1. The van der Waals surface area contributed by atoms with Crippen LogP contribution in [0.5, 0.6) is 11.5 Å². The number of fused-ring (bicyclic) bond motifs is 2. The van der Waals surface area contributed by atoms with Crippen molar-refractivity contribution in [3.8, 4) is 11.5 Å². The van der Waals surface area contributed by atoms with Crippen LogP contribution in [-0.2, 0) is 11.2 Å². The van der Waals surface area contributed by atoms with Gasteiger partial charge < -0.3 is 14.7 Å². The maximum Gasteiger partial charge on any atom is 0.227 e. The van der Waals surface area contributed by atoms with E-state index in [1.165, 1.54) is 18.4 Å². The summed E-state index contributed by atoms with van der Waals surface area (Å²) in [5.41, 5.74) is 2.26. The van der Waals surface area contributed by atoms with E-state index in [1.807, 2.05) is 24.3 Å². The Morgan fingerprint density at radius 3 is 2.38 bits per heavy atom. The molecule has 2 aromatic carbocycles. The number of methoxy groups -OCH3 is 1. The van der Waals surface area contributed by atoms with E-state index >= 15 is 0 Å². The molecule has 152 valence electrons. The first-order valence-corrected chi connectivity index (χ1v) is 10.6. The Morgan fingerprint density at radius 2 is 1.72 bits per heavy atom. The van der Waals surface area contributed by atoms with Crippen molar-refractivity contribution in [1.29, 1.82) is 0 Å². The Balaban J connectivity index is 1.42. The van der Waals surface area contributed by atoms with Crippen molar-refractivity contribution in [3.63, 3.8) is 0 Å². The minimum absolute atomic E-state index is 0.204. The normalized spacial score (nSPS) is 30.2. The Bertz CT molecular complexity index is 872. The SMILES string of the molecule is COc1ccc([C@@H]2CN(C(=O)Cc3ccc(O)cc3)[C@@H]3C4CCN(CC4)[C@@H]32)cc1. The van der Waals surface area contributed by atoms with E-state index in [0.29, 0.717) is 30.3 Å². The van der Waals surface area contributed by atoms with Gasteiger partial charge in [-0.3, -0.25) is 9.69 Å². The van der Waals surface area contributed by atoms with Crippen molar-refractivity contribution in [1.82, 2.24) is 9.80 Å². The van der Waals surface area contributed by atoms with Gasteiger partial charge in [0.05, 0.1) is 19.6 Å². The minimum atomic E-state index is 0.204. The molecule has 4 fully saturated rings. The molecular formula is C24H28N2O3. The van der Waals surface area contributed by atoms with Crippen molar-refractivity contribution < 1.29 is 14.6 Å². The monoisotopic (exact) mass is 392 g/mol. The van der Waals surface area contributed by atoms with E-state index in [9.17, 15) is 9.90 Å². The Hall–Kier alpha value is -2.53. The molecule has 0 saturated carbocycles. The lowest BCUT2D eigenvalue weighted by atomic mass is 9.75. The zero-order valence-corrected chi connectivity index (χ0v) is 16.8. The molecule has 0 spiro atoms. The molecule has 2 aromatic rings. The topological polar surface area (TPSA) is 53.0 Å². The summed E-state index contributed by atoms with van der Waals surface area (Å²) >= 11 is 0. The first-order valence-electron chi connectivity index (χ1n) is 10.6. The van der Waals surface area contributed by atoms with Crippen LogP contribution < -0.4 is 4.74 Å². The number of nitrogens with zero attached hydrogens (tertiary/aromatic N) is 2. The van der Waals surface area contributed by atoms with Gasteiger partial charge in [0.15, 0.2) is 0 Å². The van der Waals surface area contributed by atoms with E-state index in [2.05, 4.69) is 21.9 Å². The zero-order valence-electron chi connectivity index (χ0n) is 16.8. The van der Waals surface area contributed by atoms with Gasteiger partial charge in [-0.1, -0.05) is 24.3 Å². The van der Waals surface area contributed by atoms with Crippen LogP contribution in [0.1, 0.15) is 29.9 Å². The van der Waals surface area contributed by atoms with Crippen LogP contribution >= 0.6 is 0 Å². The third-order valence-electron chi connectivity index (χ3n) is 7.15. The summed E-state index contributed by atoms with van der Waals surface area (Å²) in [6.45, 7) is 3.09. The molecule has 0 aromatic heterocycles. The van der Waals surface area contributed by atoms with Gasteiger partial charge >= 0.3 is 0 Å². The predicted molar refractivity (Wildman–Crippen MR) is 111 cm³/mol. The molecule has 5 heteroatoms. The molecule has 4 aliphatic rings. The molecule has 5 nitrogen and oxygen atoms in total. The summed E-state index contributed by atoms with van der Waals surface area (Å²) in [6.07, 6.45) is 2.78. The smallest absolute Gasteiger partial charge is 0.227 e. The fraction of sp³-hybridized carbons (Fsp3) is 0.458. The molecule has 4 saturated heterocycles. The average Bonchev–Trinajstić information content (AvgIpc) is 3.19. The van der Waals surface area contributed by atoms with Gasteiger partial charge in [0.1, 0.15) is 11.5 Å². The third-order valence-corrected chi connectivity index (χ3v) is 7.15. The number of piperidine rings is 3. The number of rotatable bonds is 4. The van der Waals surface area contributed by atoms with Crippen molar-refractivity contribution in [2.24, 2.45) is 5.92 Å². The summed E-state index contributed by atoms with van der Waals surface area (Å²) in [4.78, 5) is 18.1. The lowest BCUT2D eigenvalue weighted by Crippen LogP contribution is -2.60. The van der Waals surface area contributed by atoms with Crippen molar-refractivity contribution >= 4 is 5.91 Å². The van der Waals surface area contributed by atoms with Gasteiger partial charge in [0.25, 0.3) is 0 Å². The summed E-state index contributed by atoms with van der Waals surface area (Å²) in [7, 11) is 1.69. The quantitative estimate of drug-likeness (QED) is 0.869. The largest absolute Gasteiger partial charge is 0.508 e. The van der Waals surface area contributed by atoms with Crippen LogP contribution in [0.3, 0.4) is 0 Å². The van der Waals surface area contributed by atoms with Crippen LogP contribution in [-0.4, -0.2) is 59.6 Å². The molecular weight excluding hydrogens is 364 g/mol. The summed E-state index contributed by atoms with van der Waals surface area (Å²) in [5.74, 6) is 2.26. The molecule has 4 heterocycles. The molecule has 6 rings (SSSR count). The zero-order chi connectivity index (χ0) is 20.0. The molecule has 4 aliphatic heterocycles. The van der Waals surface area contributed by atoms with Crippen molar-refractivity contribution in [2.75, 3.05) is 26.7 Å². The first-order chi connectivity index (χ1) is 14.1. The second kappa shape index (κ2) is 7.38. The molecule has 29 heavy (non-hydrogen) atoms. The number of carbonyl (C=O) groups excluding carboxylic acids is 1. The standard InChI is InChI=1S/C24H28N2O3/c1-29-20-8-4-17(5-9-20)21-15-26(22(28)14-16-2-6-19(27)7-3-16)23-18-10-12-25(13-11-18)24(21)23/h2-9,18,21,23-24,27H,10-15H2,1H3/t21-,23+,24+/m0/s1. The molecule has 0 unspecified atom stereocenters. The van der Waals surface area contributed by atoms with Gasteiger partial charge in [-0.05, 0) is 67.2 Å². The minimum Gasteiger partial charge on any atom is -0.508 e. The molecule has 2 bridgehead atoms. The van der Waals surface area contributed by atoms with E-state index in [0.717, 1.165) is 30.9 Å². The lowest BCUT2D eigenvalue weighted by molar-refractivity contribution is -0.135. The first kappa shape index (κ1) is 18.5. The third kappa shape index (κ3) is 3.27. The van der Waals surface area contributed by atoms with Gasteiger partial charge in [-0.25, -0.2) is 0 Å². The van der Waals surface area contributed by atoms with Crippen LogP contribution in [0.25, 0.3) is 0 Å². The Labute approximate surface area is 171 Å². The second-order valence-corrected chi connectivity index (χ2v) is 8.62. The second-order valence-electron chi connectivity index (χ2n) is 8.62. The van der Waals surface area contributed by atoms with Gasteiger partial charge in [-0.15, -0.1) is 0 Å². The highest BCUT2D eigenvalue weighted by Crippen LogP contribution is 2.46. The number of carbonyl (C=O) groups is 1. The summed E-state index contributed by atoms with van der Waals surface area (Å²) < 4.78 is 5.33. The number of amides is 1. The summed E-state index contributed by atoms with van der Waals surface area (Å²) in [6, 6.07) is 16.1. The van der Waals surface area contributed by atoms with Gasteiger partial charge in [0, 0.05) is 18.5 Å². The van der Waals surface area contributed by atoms with Crippen molar-refractivity contribution in [2.45, 2.75) is 37.3 Å². The van der Waals surface area contributed by atoms with E-state index < -0.39 is 0 Å². The maximum atomic E-state index is 13.3. The van der Waals surface area contributed by atoms with E-state index in [1.54, 1.807) is 19.2 Å². The Morgan fingerprint density at radius 1 is 1.03 bits per heavy atom.